The van der Waals surface area contributed by atoms with Crippen molar-refractivity contribution in [2.75, 3.05) is 38.1 Å². The number of ether oxygens (including phenoxy) is 1. The highest BCUT2D eigenvalue weighted by atomic mass is 16.5. The molecule has 1 atom stereocenters. The first-order valence-electron chi connectivity index (χ1n) is 11.6. The minimum absolute atomic E-state index is 0.108. The predicted octanol–water partition coefficient (Wildman–Crippen LogP) is 2.88. The molecule has 2 aliphatic heterocycles. The SMILES string of the molecule is CC(C)(N)CN[C@H](COCc1ccccc1)C(=O)N1CCC2(CC1)CNc1ccccc12. The highest BCUT2D eigenvalue weighted by Crippen LogP contribution is 2.43. The van der Waals surface area contributed by atoms with Crippen LogP contribution in [0.5, 0.6) is 0 Å². The summed E-state index contributed by atoms with van der Waals surface area (Å²) in [4.78, 5) is 15.4. The molecule has 0 unspecified atom stereocenters. The lowest BCUT2D eigenvalue weighted by Crippen LogP contribution is -2.56. The number of nitrogens with zero attached hydrogens (tertiary/aromatic N) is 1. The van der Waals surface area contributed by atoms with Crippen molar-refractivity contribution in [2.24, 2.45) is 5.73 Å². The molecule has 0 aromatic heterocycles. The largest absolute Gasteiger partial charge is 0.384 e. The average molecular weight is 437 g/mol. The van der Waals surface area contributed by atoms with Crippen LogP contribution in [0.25, 0.3) is 0 Å². The fourth-order valence-corrected chi connectivity index (χ4v) is 4.75. The Morgan fingerprint density at radius 2 is 1.84 bits per heavy atom. The number of benzene rings is 2. The molecule has 2 aromatic rings. The van der Waals surface area contributed by atoms with Crippen LogP contribution >= 0.6 is 0 Å². The van der Waals surface area contributed by atoms with Gasteiger partial charge in [0, 0.05) is 42.8 Å². The smallest absolute Gasteiger partial charge is 0.242 e. The second-order valence-corrected chi connectivity index (χ2v) is 9.93. The summed E-state index contributed by atoms with van der Waals surface area (Å²) < 4.78 is 5.94. The first-order valence-corrected chi connectivity index (χ1v) is 11.6. The Morgan fingerprint density at radius 3 is 2.56 bits per heavy atom. The third-order valence-electron chi connectivity index (χ3n) is 6.65. The zero-order valence-corrected chi connectivity index (χ0v) is 19.3. The summed E-state index contributed by atoms with van der Waals surface area (Å²) in [6, 6.07) is 18.2. The highest BCUT2D eigenvalue weighted by Gasteiger charge is 2.42. The van der Waals surface area contributed by atoms with E-state index in [1.54, 1.807) is 0 Å². The van der Waals surface area contributed by atoms with Gasteiger partial charge in [-0.05, 0) is 43.9 Å². The molecule has 6 nitrogen and oxygen atoms in total. The predicted molar refractivity (Wildman–Crippen MR) is 129 cm³/mol. The van der Waals surface area contributed by atoms with Crippen molar-refractivity contribution in [2.45, 2.75) is 50.3 Å². The molecule has 1 spiro atoms. The Kier molecular flexibility index (Phi) is 6.84. The molecule has 4 rings (SSSR count). The van der Waals surface area contributed by atoms with E-state index in [0.29, 0.717) is 19.8 Å². The summed E-state index contributed by atoms with van der Waals surface area (Å²) in [5.74, 6) is 0.108. The van der Waals surface area contributed by atoms with Crippen LogP contribution in [0, 0.1) is 0 Å². The summed E-state index contributed by atoms with van der Waals surface area (Å²) in [6.45, 7) is 7.77. The molecule has 2 heterocycles. The van der Waals surface area contributed by atoms with Crippen LogP contribution in [-0.4, -0.2) is 55.2 Å². The standard InChI is InChI=1S/C26H36N4O2/c1-25(2,27)18-28-23(17-32-16-20-8-4-3-5-9-20)24(31)30-14-12-26(13-15-30)19-29-22-11-7-6-10-21(22)26/h3-11,23,28-29H,12-19,27H2,1-2H3/t23-/m1/s1. The van der Waals surface area contributed by atoms with Crippen molar-refractivity contribution in [1.29, 1.82) is 0 Å². The molecule has 1 saturated heterocycles. The van der Waals surface area contributed by atoms with E-state index in [4.69, 9.17) is 10.5 Å². The minimum Gasteiger partial charge on any atom is -0.384 e. The molecule has 0 bridgehead atoms. The first-order chi connectivity index (χ1) is 15.4. The summed E-state index contributed by atoms with van der Waals surface area (Å²) in [5, 5.41) is 6.92. The first kappa shape index (κ1) is 22.8. The molecule has 1 amide bonds. The molecule has 0 radical (unpaired) electrons. The normalized spacial score (nSPS) is 18.3. The molecule has 2 aliphatic rings. The number of fused-ring (bicyclic) bond motifs is 2. The summed E-state index contributed by atoms with van der Waals surface area (Å²) in [6.07, 6.45) is 1.95. The van der Waals surface area contributed by atoms with Gasteiger partial charge in [-0.15, -0.1) is 0 Å². The van der Waals surface area contributed by atoms with Gasteiger partial charge < -0.3 is 26.0 Å². The van der Waals surface area contributed by atoms with E-state index < -0.39 is 11.6 Å². The van der Waals surface area contributed by atoms with Crippen LogP contribution in [0.1, 0.15) is 37.8 Å². The van der Waals surface area contributed by atoms with Crippen molar-refractivity contribution in [1.82, 2.24) is 10.2 Å². The molecule has 2 aromatic carbocycles. The van der Waals surface area contributed by atoms with Gasteiger partial charge in [-0.1, -0.05) is 48.5 Å². The Labute approximate surface area is 191 Å². The topological polar surface area (TPSA) is 79.6 Å². The number of amides is 1. The van der Waals surface area contributed by atoms with Gasteiger partial charge in [0.2, 0.25) is 5.91 Å². The highest BCUT2D eigenvalue weighted by molar-refractivity contribution is 5.82. The van der Waals surface area contributed by atoms with Crippen molar-refractivity contribution >= 4 is 11.6 Å². The molecule has 6 heteroatoms. The summed E-state index contributed by atoms with van der Waals surface area (Å²) in [5.41, 5.74) is 9.65. The Morgan fingerprint density at radius 1 is 1.16 bits per heavy atom. The monoisotopic (exact) mass is 436 g/mol. The van der Waals surface area contributed by atoms with E-state index in [1.165, 1.54) is 11.3 Å². The number of nitrogens with two attached hydrogens (primary N) is 1. The molecular formula is C26H36N4O2. The maximum Gasteiger partial charge on any atom is 0.242 e. The third kappa shape index (κ3) is 5.31. The lowest BCUT2D eigenvalue weighted by atomic mass is 9.74. The number of likely N-dealkylation sites (tertiary alicyclic amines) is 1. The van der Waals surface area contributed by atoms with Crippen LogP contribution in [0.3, 0.4) is 0 Å². The lowest BCUT2D eigenvalue weighted by Gasteiger charge is -2.40. The van der Waals surface area contributed by atoms with Gasteiger partial charge in [0.1, 0.15) is 6.04 Å². The maximum absolute atomic E-state index is 13.4. The molecule has 0 aliphatic carbocycles. The number of piperidine rings is 1. The van der Waals surface area contributed by atoms with E-state index in [2.05, 4.69) is 34.9 Å². The number of anilines is 1. The molecule has 4 N–H and O–H groups in total. The molecular weight excluding hydrogens is 400 g/mol. The van der Waals surface area contributed by atoms with Crippen LogP contribution in [0.2, 0.25) is 0 Å². The summed E-state index contributed by atoms with van der Waals surface area (Å²) in [7, 11) is 0. The average Bonchev–Trinajstić information content (AvgIpc) is 3.14. The Balaban J connectivity index is 1.37. The second-order valence-electron chi connectivity index (χ2n) is 9.93. The number of hydrogen-bond donors (Lipinski definition) is 3. The number of carbonyl (C=O) groups excluding carboxylic acids is 1. The number of hydrogen-bond acceptors (Lipinski definition) is 5. The van der Waals surface area contributed by atoms with Crippen LogP contribution in [0.4, 0.5) is 5.69 Å². The zero-order chi connectivity index (χ0) is 22.6. The molecule has 32 heavy (non-hydrogen) atoms. The van der Waals surface area contributed by atoms with E-state index in [9.17, 15) is 4.79 Å². The maximum atomic E-state index is 13.4. The van der Waals surface area contributed by atoms with Crippen molar-refractivity contribution < 1.29 is 9.53 Å². The second kappa shape index (κ2) is 9.61. The molecule has 1 fully saturated rings. The van der Waals surface area contributed by atoms with Gasteiger partial charge in [-0.3, -0.25) is 4.79 Å². The van der Waals surface area contributed by atoms with Gasteiger partial charge in [-0.25, -0.2) is 0 Å². The van der Waals surface area contributed by atoms with Crippen molar-refractivity contribution in [3.63, 3.8) is 0 Å². The fraction of sp³-hybridized carbons (Fsp3) is 0.500. The molecule has 0 saturated carbocycles. The Bertz CT molecular complexity index is 902. The van der Waals surface area contributed by atoms with Crippen molar-refractivity contribution in [3.05, 3.63) is 65.7 Å². The van der Waals surface area contributed by atoms with E-state index in [-0.39, 0.29) is 11.3 Å². The van der Waals surface area contributed by atoms with Crippen molar-refractivity contribution in [3.8, 4) is 0 Å². The summed E-state index contributed by atoms with van der Waals surface area (Å²) >= 11 is 0. The van der Waals surface area contributed by atoms with E-state index >= 15 is 0 Å². The Hall–Kier alpha value is -2.41. The third-order valence-corrected chi connectivity index (χ3v) is 6.65. The minimum atomic E-state index is -0.400. The van der Waals surface area contributed by atoms with Crippen LogP contribution < -0.4 is 16.4 Å². The van der Waals surface area contributed by atoms with Gasteiger partial charge in [0.25, 0.3) is 0 Å². The number of carbonyl (C=O) groups is 1. The number of para-hydroxylation sites is 1. The number of rotatable bonds is 8. The van der Waals surface area contributed by atoms with Crippen LogP contribution in [-0.2, 0) is 21.6 Å². The van der Waals surface area contributed by atoms with E-state index in [0.717, 1.165) is 38.0 Å². The number of nitrogens with one attached hydrogen (secondary N) is 2. The van der Waals surface area contributed by atoms with Gasteiger partial charge in [-0.2, -0.15) is 0 Å². The fourth-order valence-electron chi connectivity index (χ4n) is 4.75. The van der Waals surface area contributed by atoms with Gasteiger partial charge >= 0.3 is 0 Å². The lowest BCUT2D eigenvalue weighted by molar-refractivity contribution is -0.136. The van der Waals surface area contributed by atoms with E-state index in [1.807, 2.05) is 49.1 Å². The van der Waals surface area contributed by atoms with Gasteiger partial charge in [0.15, 0.2) is 0 Å². The van der Waals surface area contributed by atoms with Gasteiger partial charge in [0.05, 0.1) is 13.2 Å². The van der Waals surface area contributed by atoms with Crippen LogP contribution in [0.15, 0.2) is 54.6 Å². The quantitative estimate of drug-likeness (QED) is 0.593. The zero-order valence-electron chi connectivity index (χ0n) is 19.3. The molecule has 172 valence electrons.